The minimum Gasteiger partial charge on any atom is -0.493 e. The largest absolute Gasteiger partial charge is 0.500 e. The highest BCUT2D eigenvalue weighted by Gasteiger charge is 2.47. The summed E-state index contributed by atoms with van der Waals surface area (Å²) in [6, 6.07) is 45.0. The van der Waals surface area contributed by atoms with Crippen LogP contribution in [0.1, 0.15) is 35.1 Å². The summed E-state index contributed by atoms with van der Waals surface area (Å²) in [6.07, 6.45) is 1.47. The Balaban J connectivity index is 1.35. The van der Waals surface area contributed by atoms with Gasteiger partial charge in [-0.25, -0.2) is 0 Å². The fourth-order valence-corrected chi connectivity index (χ4v) is 11.9. The predicted molar refractivity (Wildman–Crippen MR) is 222 cm³/mol. The number of benzene rings is 6. The molecule has 0 saturated carbocycles. The Morgan fingerprint density at radius 2 is 0.727 bits per heavy atom. The molecule has 55 heavy (non-hydrogen) atoms. The lowest BCUT2D eigenvalue weighted by Gasteiger charge is -2.36. The topological polar surface area (TPSA) is 73.8 Å². The van der Waals surface area contributed by atoms with Crippen LogP contribution in [0.4, 0.5) is 0 Å². The van der Waals surface area contributed by atoms with Crippen molar-refractivity contribution < 1.29 is 36.0 Å². The third-order valence-electron chi connectivity index (χ3n) is 11.2. The summed E-state index contributed by atoms with van der Waals surface area (Å²) in [5.41, 5.74) is 6.69. The van der Waals surface area contributed by atoms with E-state index in [1.54, 1.807) is 42.7 Å². The first-order chi connectivity index (χ1) is 26.9. The molecule has 0 saturated heterocycles. The summed E-state index contributed by atoms with van der Waals surface area (Å²) >= 11 is 0. The number of hydrogen-bond acceptors (Lipinski definition) is 8. The molecule has 0 heterocycles. The SMILES string of the molecule is CO[Si](CCCOc1cccc2c(C3(c4cccc5c(OCCC[Si](OC)(OC)OC)cccc45)c4ccccc4-c4ccccc43)cccc12)(OC)OC. The van der Waals surface area contributed by atoms with E-state index in [2.05, 4.69) is 121 Å². The number of fused-ring (bicyclic) bond motifs is 5. The van der Waals surface area contributed by atoms with Gasteiger partial charge in [-0.3, -0.25) is 0 Å². The first-order valence-corrected chi connectivity index (χ1v) is 22.6. The molecule has 6 aromatic carbocycles. The number of rotatable bonds is 18. The maximum atomic E-state index is 6.54. The molecule has 8 nitrogen and oxygen atoms in total. The van der Waals surface area contributed by atoms with Gasteiger partial charge in [0.2, 0.25) is 0 Å². The second kappa shape index (κ2) is 16.8. The van der Waals surface area contributed by atoms with Crippen LogP contribution < -0.4 is 9.47 Å². The third kappa shape index (κ3) is 6.91. The summed E-state index contributed by atoms with van der Waals surface area (Å²) in [4.78, 5) is 0. The zero-order valence-electron chi connectivity index (χ0n) is 32.6. The molecule has 6 aromatic rings. The van der Waals surface area contributed by atoms with E-state index in [1.165, 1.54) is 33.4 Å². The molecule has 0 fully saturated rings. The normalized spacial score (nSPS) is 13.6. The van der Waals surface area contributed by atoms with E-state index in [0.29, 0.717) is 25.3 Å². The van der Waals surface area contributed by atoms with E-state index in [0.717, 1.165) is 45.9 Å². The zero-order valence-corrected chi connectivity index (χ0v) is 34.6. The van der Waals surface area contributed by atoms with Gasteiger partial charge in [0, 0.05) is 65.5 Å². The van der Waals surface area contributed by atoms with Gasteiger partial charge < -0.3 is 36.0 Å². The van der Waals surface area contributed by atoms with E-state index in [1.807, 2.05) is 0 Å². The van der Waals surface area contributed by atoms with Crippen LogP contribution in [0.15, 0.2) is 121 Å². The standard InChI is InChI=1S/C45H50O8Si2/c1-46-54(47-2,48-3)31-15-29-52-43-27-13-19-35-37(43)21-11-25-41(35)45(39-23-9-7-17-33(39)34-18-8-10-24-40(34)45)42-26-12-22-38-36(42)20-14-28-44(38)53-30-16-32-55(49-4,50-5)51-6/h7-14,17-28H,15-16,29-32H2,1-6H3. The Morgan fingerprint density at radius 3 is 1.13 bits per heavy atom. The summed E-state index contributed by atoms with van der Waals surface area (Å²) in [5.74, 6) is 1.68. The van der Waals surface area contributed by atoms with E-state index >= 15 is 0 Å². The summed E-state index contributed by atoms with van der Waals surface area (Å²) in [5, 5.41) is 4.38. The molecule has 0 amide bonds. The van der Waals surface area contributed by atoms with Crippen LogP contribution in [0.5, 0.6) is 11.5 Å². The van der Waals surface area contributed by atoms with Crippen molar-refractivity contribution >= 4 is 39.2 Å². The zero-order chi connectivity index (χ0) is 38.5. The van der Waals surface area contributed by atoms with Gasteiger partial charge in [-0.15, -0.1) is 0 Å². The first-order valence-electron chi connectivity index (χ1n) is 18.7. The molecule has 0 atom stereocenters. The lowest BCUT2D eigenvalue weighted by molar-refractivity contribution is 0.120. The van der Waals surface area contributed by atoms with Crippen LogP contribution in [0.3, 0.4) is 0 Å². The number of hydrogen-bond donors (Lipinski definition) is 0. The Kier molecular flexibility index (Phi) is 11.9. The molecule has 1 aliphatic rings. The van der Waals surface area contributed by atoms with Crippen molar-refractivity contribution in [2.24, 2.45) is 0 Å². The fraction of sp³-hybridized carbons (Fsp3) is 0.289. The molecule has 0 aromatic heterocycles. The van der Waals surface area contributed by atoms with Crippen molar-refractivity contribution in [3.63, 3.8) is 0 Å². The summed E-state index contributed by atoms with van der Waals surface area (Å²) < 4.78 is 47.0. The van der Waals surface area contributed by atoms with Crippen LogP contribution in [-0.4, -0.2) is 73.5 Å². The van der Waals surface area contributed by atoms with Crippen LogP contribution in [0.2, 0.25) is 12.1 Å². The van der Waals surface area contributed by atoms with E-state index in [-0.39, 0.29) is 0 Å². The lowest BCUT2D eigenvalue weighted by atomic mass is 9.65. The minimum absolute atomic E-state index is 0.503. The average molecular weight is 775 g/mol. The monoisotopic (exact) mass is 774 g/mol. The van der Waals surface area contributed by atoms with Crippen LogP contribution in [-0.2, 0) is 32.0 Å². The quantitative estimate of drug-likeness (QED) is 0.0631. The van der Waals surface area contributed by atoms with Gasteiger partial charge >= 0.3 is 17.6 Å². The predicted octanol–water partition coefficient (Wildman–Crippen LogP) is 9.65. The highest BCUT2D eigenvalue weighted by Crippen LogP contribution is 2.58. The highest BCUT2D eigenvalue weighted by atomic mass is 28.4. The van der Waals surface area contributed by atoms with Crippen molar-refractivity contribution in [3.8, 4) is 22.6 Å². The maximum Gasteiger partial charge on any atom is 0.500 e. The van der Waals surface area contributed by atoms with Crippen LogP contribution in [0, 0.1) is 0 Å². The molecule has 286 valence electrons. The van der Waals surface area contributed by atoms with E-state index < -0.39 is 23.0 Å². The molecule has 0 aliphatic heterocycles. The highest BCUT2D eigenvalue weighted by molar-refractivity contribution is 6.60. The molecular weight excluding hydrogens is 725 g/mol. The second-order valence-electron chi connectivity index (χ2n) is 13.6. The van der Waals surface area contributed by atoms with Crippen LogP contribution >= 0.6 is 0 Å². The Labute approximate surface area is 326 Å². The lowest BCUT2D eigenvalue weighted by Crippen LogP contribution is -2.42. The molecule has 10 heteroatoms. The van der Waals surface area contributed by atoms with E-state index in [4.69, 9.17) is 36.0 Å². The smallest absolute Gasteiger partial charge is 0.493 e. The van der Waals surface area contributed by atoms with Gasteiger partial charge in [-0.05, 0) is 69.1 Å². The Morgan fingerprint density at radius 1 is 0.382 bits per heavy atom. The summed E-state index contributed by atoms with van der Waals surface area (Å²) in [7, 11) is 4.46. The maximum absolute atomic E-state index is 6.54. The fourth-order valence-electron chi connectivity index (χ4n) is 8.48. The van der Waals surface area contributed by atoms with Crippen molar-refractivity contribution in [1.29, 1.82) is 0 Å². The van der Waals surface area contributed by atoms with Crippen molar-refractivity contribution in [3.05, 3.63) is 144 Å². The first kappa shape index (κ1) is 38.9. The van der Waals surface area contributed by atoms with Crippen molar-refractivity contribution in [2.75, 3.05) is 55.9 Å². The van der Waals surface area contributed by atoms with Crippen LogP contribution in [0.25, 0.3) is 32.7 Å². The van der Waals surface area contributed by atoms with Gasteiger partial charge in [0.15, 0.2) is 0 Å². The van der Waals surface area contributed by atoms with Gasteiger partial charge in [0.05, 0.1) is 18.6 Å². The molecule has 0 N–H and O–H groups in total. The Bertz CT molecular complexity index is 2080. The van der Waals surface area contributed by atoms with Gasteiger partial charge in [0.25, 0.3) is 0 Å². The molecule has 0 radical (unpaired) electrons. The van der Waals surface area contributed by atoms with Gasteiger partial charge in [0.1, 0.15) is 11.5 Å². The van der Waals surface area contributed by atoms with E-state index in [9.17, 15) is 0 Å². The molecule has 1 aliphatic carbocycles. The third-order valence-corrected chi connectivity index (χ3v) is 16.8. The second-order valence-corrected chi connectivity index (χ2v) is 19.8. The van der Waals surface area contributed by atoms with Gasteiger partial charge in [-0.2, -0.15) is 0 Å². The average Bonchev–Trinajstić information content (AvgIpc) is 3.54. The minimum atomic E-state index is -2.70. The van der Waals surface area contributed by atoms with Crippen molar-refractivity contribution in [1.82, 2.24) is 0 Å². The molecule has 0 spiro atoms. The summed E-state index contributed by atoms with van der Waals surface area (Å²) in [6.45, 7) is 1.01. The molecular formula is C45H50O8Si2. The van der Waals surface area contributed by atoms with Crippen molar-refractivity contribution in [2.45, 2.75) is 30.3 Å². The molecule has 7 rings (SSSR count). The number of ether oxygens (including phenoxy) is 2. The molecule has 0 unspecified atom stereocenters. The van der Waals surface area contributed by atoms with Gasteiger partial charge in [-0.1, -0.05) is 109 Å². The molecule has 0 bridgehead atoms. The Hall–Kier alpha value is -4.37.